The molecule has 0 unspecified atom stereocenters. The summed E-state index contributed by atoms with van der Waals surface area (Å²) in [6, 6.07) is 16.3. The lowest BCUT2D eigenvalue weighted by Gasteiger charge is -2.26. The van der Waals surface area contributed by atoms with Crippen LogP contribution in [-0.2, 0) is 14.3 Å². The van der Waals surface area contributed by atoms with E-state index in [1.807, 2.05) is 38.1 Å². The summed E-state index contributed by atoms with van der Waals surface area (Å²) < 4.78 is 5.59. The van der Waals surface area contributed by atoms with Crippen LogP contribution in [0.2, 0.25) is 0 Å². The van der Waals surface area contributed by atoms with Crippen LogP contribution < -0.4 is 10.6 Å². The lowest BCUT2D eigenvalue weighted by molar-refractivity contribution is -0.133. The van der Waals surface area contributed by atoms with Crippen LogP contribution in [0.4, 0.5) is 4.79 Å². The Labute approximate surface area is 198 Å². The van der Waals surface area contributed by atoms with Gasteiger partial charge in [-0.05, 0) is 42.5 Å². The number of rotatable bonds is 11. The van der Waals surface area contributed by atoms with Crippen LogP contribution >= 0.6 is 11.8 Å². The minimum absolute atomic E-state index is 0.00367. The van der Waals surface area contributed by atoms with E-state index in [4.69, 9.17) is 9.84 Å². The van der Waals surface area contributed by atoms with E-state index in [1.165, 1.54) is 22.9 Å². The topological polar surface area (TPSA) is 105 Å². The number of nitrogens with one attached hydrogen (secondary N) is 2. The van der Waals surface area contributed by atoms with Gasteiger partial charge in [-0.15, -0.1) is 11.8 Å². The zero-order chi connectivity index (χ0) is 23.8. The van der Waals surface area contributed by atoms with E-state index in [2.05, 4.69) is 34.9 Å². The van der Waals surface area contributed by atoms with Crippen LogP contribution in [0.15, 0.2) is 48.5 Å². The number of hydrogen-bond donors (Lipinski definition) is 3. The van der Waals surface area contributed by atoms with Gasteiger partial charge in [-0.3, -0.25) is 9.59 Å². The van der Waals surface area contributed by atoms with Crippen molar-refractivity contribution in [3.8, 4) is 11.1 Å². The maximum absolute atomic E-state index is 12.5. The Bertz CT molecular complexity index is 962. The number of carbonyl (C=O) groups is 3. The molecule has 0 atom stereocenters. The normalized spacial score (nSPS) is 12.5. The van der Waals surface area contributed by atoms with Crippen molar-refractivity contribution in [1.82, 2.24) is 10.6 Å². The first-order valence-electron chi connectivity index (χ1n) is 11.0. The van der Waals surface area contributed by atoms with E-state index in [-0.39, 0.29) is 30.6 Å². The second-order valence-corrected chi connectivity index (χ2v) is 9.74. The fourth-order valence-electron chi connectivity index (χ4n) is 3.91. The molecule has 0 radical (unpaired) electrons. The molecule has 0 heterocycles. The van der Waals surface area contributed by atoms with Gasteiger partial charge in [-0.25, -0.2) is 4.79 Å². The number of carboxylic acid groups (broad SMARTS) is 1. The van der Waals surface area contributed by atoms with Crippen LogP contribution in [0, 0.1) is 0 Å². The largest absolute Gasteiger partial charge is 0.481 e. The number of alkyl carbamates (subject to hydrolysis) is 1. The van der Waals surface area contributed by atoms with Crippen molar-refractivity contribution in [3.05, 3.63) is 59.7 Å². The number of amides is 2. The summed E-state index contributed by atoms with van der Waals surface area (Å²) in [5, 5.41) is 14.2. The molecule has 2 aromatic rings. The summed E-state index contributed by atoms with van der Waals surface area (Å²) in [4.78, 5) is 35.0. The van der Waals surface area contributed by atoms with E-state index in [1.54, 1.807) is 0 Å². The molecule has 1 aliphatic carbocycles. The molecule has 8 heteroatoms. The maximum Gasteiger partial charge on any atom is 0.407 e. The van der Waals surface area contributed by atoms with Gasteiger partial charge in [0.25, 0.3) is 0 Å². The van der Waals surface area contributed by atoms with E-state index < -0.39 is 17.6 Å². The zero-order valence-electron chi connectivity index (χ0n) is 18.9. The summed E-state index contributed by atoms with van der Waals surface area (Å²) in [6.45, 7) is 4.36. The highest BCUT2D eigenvalue weighted by Gasteiger charge is 2.30. The Balaban J connectivity index is 1.44. The maximum atomic E-state index is 12.5. The molecule has 7 nitrogen and oxygen atoms in total. The number of fused-ring (bicyclic) bond motifs is 3. The Morgan fingerprint density at radius 1 is 1.03 bits per heavy atom. The lowest BCUT2D eigenvalue weighted by atomic mass is 9.98. The van der Waals surface area contributed by atoms with Crippen LogP contribution in [0.5, 0.6) is 0 Å². The molecule has 0 bridgehead atoms. The second kappa shape index (κ2) is 11.2. The fraction of sp³-hybridized carbons (Fsp3) is 0.400. The molecule has 0 spiro atoms. The molecule has 2 aromatic carbocycles. The first-order valence-corrected chi connectivity index (χ1v) is 12.1. The second-order valence-electron chi connectivity index (χ2n) is 8.63. The van der Waals surface area contributed by atoms with Gasteiger partial charge in [0.05, 0.1) is 5.75 Å². The molecule has 0 aromatic heterocycles. The van der Waals surface area contributed by atoms with Crippen LogP contribution in [0.3, 0.4) is 0 Å². The van der Waals surface area contributed by atoms with Crippen molar-refractivity contribution in [2.45, 2.75) is 38.1 Å². The van der Waals surface area contributed by atoms with E-state index in [9.17, 15) is 14.4 Å². The molecular formula is C25H30N2O5S. The van der Waals surface area contributed by atoms with Crippen LogP contribution in [0.1, 0.15) is 43.7 Å². The first kappa shape index (κ1) is 24.6. The summed E-state index contributed by atoms with van der Waals surface area (Å²) in [5.74, 6) is -0.441. The van der Waals surface area contributed by atoms with Gasteiger partial charge in [0.15, 0.2) is 0 Å². The molecule has 0 fully saturated rings. The molecule has 0 aliphatic heterocycles. The predicted molar refractivity (Wildman–Crippen MR) is 129 cm³/mol. The minimum Gasteiger partial charge on any atom is -0.481 e. The SMILES string of the molecule is CC(C)(CCC(=O)NCCSCC(=O)O)NC(=O)OCC1c2ccccc2-c2ccccc21. The van der Waals surface area contributed by atoms with Gasteiger partial charge >= 0.3 is 12.1 Å². The van der Waals surface area contributed by atoms with Crippen molar-refractivity contribution >= 4 is 29.7 Å². The molecule has 3 rings (SSSR count). The average Bonchev–Trinajstić information content (AvgIpc) is 3.09. The average molecular weight is 471 g/mol. The van der Waals surface area contributed by atoms with Crippen molar-refractivity contribution in [1.29, 1.82) is 0 Å². The van der Waals surface area contributed by atoms with Gasteiger partial charge in [0.1, 0.15) is 6.61 Å². The van der Waals surface area contributed by atoms with Gasteiger partial charge in [-0.2, -0.15) is 0 Å². The molecule has 2 amide bonds. The standard InChI is InChI=1S/C25H30N2O5S/c1-25(2,12-11-22(28)26-13-14-33-16-23(29)30)27-24(31)32-15-21-19-9-5-3-7-17(19)18-8-4-6-10-20(18)21/h3-10,21H,11-16H2,1-2H3,(H,26,28)(H,27,31)(H,29,30). The quantitative estimate of drug-likeness (QED) is 0.429. The number of hydrogen-bond acceptors (Lipinski definition) is 5. The van der Waals surface area contributed by atoms with E-state index in [0.717, 1.165) is 11.1 Å². The van der Waals surface area contributed by atoms with Gasteiger partial charge in [-0.1, -0.05) is 48.5 Å². The van der Waals surface area contributed by atoms with Gasteiger partial charge in [0, 0.05) is 30.2 Å². The number of aliphatic carboxylic acids is 1. The minimum atomic E-state index is -0.868. The van der Waals surface area contributed by atoms with Crippen molar-refractivity contribution in [2.75, 3.05) is 24.7 Å². The van der Waals surface area contributed by atoms with Crippen molar-refractivity contribution in [3.63, 3.8) is 0 Å². The number of thioether (sulfide) groups is 1. The highest BCUT2D eigenvalue weighted by Crippen LogP contribution is 2.44. The zero-order valence-corrected chi connectivity index (χ0v) is 19.7. The van der Waals surface area contributed by atoms with Crippen molar-refractivity contribution < 1.29 is 24.2 Å². The Hall–Kier alpha value is -3.00. The summed E-state index contributed by atoms with van der Waals surface area (Å²) in [7, 11) is 0. The summed E-state index contributed by atoms with van der Waals surface area (Å²) in [6.07, 6.45) is 0.193. The number of carbonyl (C=O) groups excluding carboxylic acids is 2. The third kappa shape index (κ3) is 6.99. The predicted octanol–water partition coefficient (Wildman–Crippen LogP) is 4.02. The number of benzene rings is 2. The number of carboxylic acids is 1. The van der Waals surface area contributed by atoms with E-state index >= 15 is 0 Å². The fourth-order valence-corrected chi connectivity index (χ4v) is 4.48. The van der Waals surface area contributed by atoms with Gasteiger partial charge in [0.2, 0.25) is 5.91 Å². The molecule has 3 N–H and O–H groups in total. The molecule has 0 saturated carbocycles. The molecule has 0 saturated heterocycles. The smallest absolute Gasteiger partial charge is 0.407 e. The summed E-state index contributed by atoms with van der Waals surface area (Å²) in [5.41, 5.74) is 4.05. The lowest BCUT2D eigenvalue weighted by Crippen LogP contribution is -2.44. The van der Waals surface area contributed by atoms with Gasteiger partial charge < -0.3 is 20.5 Å². The monoisotopic (exact) mass is 470 g/mol. The molecule has 33 heavy (non-hydrogen) atoms. The third-order valence-corrected chi connectivity index (χ3v) is 6.50. The van der Waals surface area contributed by atoms with Crippen LogP contribution in [0.25, 0.3) is 11.1 Å². The molecule has 1 aliphatic rings. The molecular weight excluding hydrogens is 440 g/mol. The summed E-state index contributed by atoms with van der Waals surface area (Å²) >= 11 is 1.25. The third-order valence-electron chi connectivity index (χ3n) is 5.56. The van der Waals surface area contributed by atoms with Crippen LogP contribution in [-0.4, -0.2) is 53.3 Å². The first-order chi connectivity index (χ1) is 15.8. The Morgan fingerprint density at radius 3 is 2.24 bits per heavy atom. The van der Waals surface area contributed by atoms with Crippen molar-refractivity contribution in [2.24, 2.45) is 0 Å². The van der Waals surface area contributed by atoms with E-state index in [0.29, 0.717) is 18.7 Å². The highest BCUT2D eigenvalue weighted by molar-refractivity contribution is 7.99. The Morgan fingerprint density at radius 2 is 1.64 bits per heavy atom. The Kier molecular flexibility index (Phi) is 8.38. The highest BCUT2D eigenvalue weighted by atomic mass is 32.2. The number of ether oxygens (including phenoxy) is 1. The molecule has 176 valence electrons.